The highest BCUT2D eigenvalue weighted by Gasteiger charge is 2.65. The van der Waals surface area contributed by atoms with Gasteiger partial charge in [-0.2, -0.15) is 5.10 Å². The van der Waals surface area contributed by atoms with Crippen molar-refractivity contribution >= 4 is 52.0 Å². The van der Waals surface area contributed by atoms with E-state index < -0.39 is 28.1 Å². The van der Waals surface area contributed by atoms with Crippen molar-refractivity contribution in [2.24, 2.45) is 5.10 Å². The van der Waals surface area contributed by atoms with Gasteiger partial charge in [0.25, 0.3) is 5.69 Å². The van der Waals surface area contributed by atoms with Crippen LogP contribution in [-0.2, 0) is 9.59 Å². The quantitative estimate of drug-likeness (QED) is 0.163. The van der Waals surface area contributed by atoms with Gasteiger partial charge in [-0.25, -0.2) is 9.80 Å². The molecule has 0 radical (unpaired) electrons. The van der Waals surface area contributed by atoms with Crippen LogP contribution in [-0.4, -0.2) is 27.9 Å². The van der Waals surface area contributed by atoms with Gasteiger partial charge in [0.05, 0.1) is 27.3 Å². The molecule has 2 aliphatic heterocycles. The van der Waals surface area contributed by atoms with E-state index in [1.807, 2.05) is 0 Å². The third kappa shape index (κ3) is 3.10. The van der Waals surface area contributed by atoms with E-state index in [9.17, 15) is 19.7 Å². The number of para-hydroxylation sites is 1. The minimum absolute atomic E-state index is 0.141. The lowest BCUT2D eigenvalue weighted by Crippen LogP contribution is -2.62. The van der Waals surface area contributed by atoms with Crippen molar-refractivity contribution in [1.29, 1.82) is 0 Å². The van der Waals surface area contributed by atoms with Crippen LogP contribution < -0.4 is 9.75 Å². The lowest BCUT2D eigenvalue weighted by atomic mass is 9.71. The van der Waals surface area contributed by atoms with Gasteiger partial charge in [-0.3, -0.25) is 14.9 Å². The van der Waals surface area contributed by atoms with Gasteiger partial charge in [-0.1, -0.05) is 47.5 Å². The molecule has 8 nitrogen and oxygen atoms in total. The Labute approximate surface area is 203 Å². The number of nitro benzene ring substituents is 1. The fraction of sp³-hybridized carbons (Fsp3) is 0.125. The van der Waals surface area contributed by atoms with E-state index >= 15 is 0 Å². The van der Waals surface area contributed by atoms with Crippen molar-refractivity contribution in [3.8, 4) is 5.75 Å². The Morgan fingerprint density at radius 1 is 1.12 bits per heavy atom. The average molecular weight is 496 g/mol. The van der Waals surface area contributed by atoms with Gasteiger partial charge in [0.1, 0.15) is 5.75 Å². The van der Waals surface area contributed by atoms with Crippen molar-refractivity contribution < 1.29 is 19.2 Å². The van der Waals surface area contributed by atoms with Crippen LogP contribution in [0.25, 0.3) is 0 Å². The summed E-state index contributed by atoms with van der Waals surface area (Å²) in [7, 11) is 0. The van der Waals surface area contributed by atoms with Crippen LogP contribution in [0.1, 0.15) is 24.0 Å². The van der Waals surface area contributed by atoms with Crippen LogP contribution in [0.5, 0.6) is 5.75 Å². The molecular formula is C24H15Cl2N3O5. The number of carbonyl (C=O) groups is 2. The lowest BCUT2D eigenvalue weighted by molar-refractivity contribution is -0.384. The van der Waals surface area contributed by atoms with Gasteiger partial charge in [0.15, 0.2) is 5.78 Å². The fourth-order valence-corrected chi connectivity index (χ4v) is 5.02. The van der Waals surface area contributed by atoms with Gasteiger partial charge < -0.3 is 4.74 Å². The number of hydrogen-bond donors (Lipinski definition) is 0. The summed E-state index contributed by atoms with van der Waals surface area (Å²) in [4.78, 5) is 37.5. The second kappa shape index (κ2) is 7.93. The van der Waals surface area contributed by atoms with Crippen LogP contribution in [0.2, 0.25) is 10.0 Å². The van der Waals surface area contributed by atoms with Crippen molar-refractivity contribution in [2.75, 3.05) is 5.01 Å². The molecule has 10 heteroatoms. The first kappa shape index (κ1) is 22.1. The molecule has 5 rings (SSSR count). The molecule has 0 fully saturated rings. The number of benzene rings is 3. The molecule has 0 saturated heterocycles. The number of ketones is 1. The van der Waals surface area contributed by atoms with Gasteiger partial charge in [0.2, 0.25) is 5.54 Å². The van der Waals surface area contributed by atoms with E-state index in [1.54, 1.807) is 42.5 Å². The number of hydrazone groups is 1. The van der Waals surface area contributed by atoms with Crippen LogP contribution in [0, 0.1) is 10.1 Å². The molecular weight excluding hydrogens is 481 g/mol. The predicted octanol–water partition coefficient (Wildman–Crippen LogP) is 5.16. The zero-order valence-corrected chi connectivity index (χ0v) is 19.1. The summed E-state index contributed by atoms with van der Waals surface area (Å²) in [6, 6.07) is 17.2. The highest BCUT2D eigenvalue weighted by molar-refractivity contribution is 6.38. The third-order valence-corrected chi connectivity index (χ3v) is 6.57. The summed E-state index contributed by atoms with van der Waals surface area (Å²) < 4.78 is 5.62. The second-order valence-corrected chi connectivity index (χ2v) is 8.72. The molecule has 2 aliphatic rings. The first-order valence-electron chi connectivity index (χ1n) is 10.2. The van der Waals surface area contributed by atoms with E-state index in [0.29, 0.717) is 38.3 Å². The Kier molecular flexibility index (Phi) is 5.15. The summed E-state index contributed by atoms with van der Waals surface area (Å²) in [6.07, 6.45) is 0. The Bertz CT molecular complexity index is 1410. The maximum absolute atomic E-state index is 13.6. The number of esters is 1. The van der Waals surface area contributed by atoms with Gasteiger partial charge in [-0.15, -0.1) is 0 Å². The van der Waals surface area contributed by atoms with Crippen LogP contribution >= 0.6 is 23.2 Å². The molecule has 2 heterocycles. The summed E-state index contributed by atoms with van der Waals surface area (Å²) >= 11 is 12.6. The number of anilines is 1. The highest BCUT2D eigenvalue weighted by Crippen LogP contribution is 2.51. The monoisotopic (exact) mass is 495 g/mol. The fourth-order valence-electron chi connectivity index (χ4n) is 4.51. The van der Waals surface area contributed by atoms with Crippen LogP contribution in [0.15, 0.2) is 71.8 Å². The number of Topliss-reactive ketones (excluding diaryl/α,β-unsaturated/α-hetero) is 1. The topological polar surface area (TPSA) is 102 Å². The molecule has 34 heavy (non-hydrogen) atoms. The number of halogens is 2. The number of ether oxygens (including phenoxy) is 1. The maximum Gasteiger partial charge on any atom is 0.348 e. The zero-order chi connectivity index (χ0) is 24.2. The van der Waals surface area contributed by atoms with Gasteiger partial charge in [-0.05, 0) is 37.3 Å². The molecule has 0 spiro atoms. The number of nitrogens with zero attached hydrogens (tertiary/aromatic N) is 3. The molecule has 0 bridgehead atoms. The Hall–Kier alpha value is -3.75. The smallest absolute Gasteiger partial charge is 0.348 e. The van der Waals surface area contributed by atoms with Crippen molar-refractivity contribution in [3.05, 3.63) is 98.0 Å². The summed E-state index contributed by atoms with van der Waals surface area (Å²) in [5.41, 5.74) is -0.246. The molecule has 0 amide bonds. The highest BCUT2D eigenvalue weighted by atomic mass is 35.5. The third-order valence-electron chi connectivity index (χ3n) is 6.03. The largest absolute Gasteiger partial charge is 0.424 e. The lowest BCUT2D eigenvalue weighted by Gasteiger charge is -2.40. The number of nitro groups is 1. The van der Waals surface area contributed by atoms with E-state index in [-0.39, 0.29) is 5.69 Å². The molecule has 0 N–H and O–H groups in total. The summed E-state index contributed by atoms with van der Waals surface area (Å²) in [5.74, 6) is -1.83. The number of hydrogen-bond acceptors (Lipinski definition) is 7. The Morgan fingerprint density at radius 2 is 1.82 bits per heavy atom. The Balaban J connectivity index is 1.80. The number of carbonyl (C=O) groups excluding carboxylic acids is 2. The first-order chi connectivity index (χ1) is 16.2. The molecule has 0 aromatic heterocycles. The van der Waals surface area contributed by atoms with E-state index in [0.717, 1.165) is 0 Å². The minimum atomic E-state index is -1.87. The molecule has 2 atom stereocenters. The van der Waals surface area contributed by atoms with Crippen molar-refractivity contribution in [3.63, 3.8) is 0 Å². The minimum Gasteiger partial charge on any atom is -0.424 e. The van der Waals surface area contributed by atoms with Crippen molar-refractivity contribution in [2.45, 2.75) is 18.4 Å². The molecule has 170 valence electrons. The molecule has 0 saturated carbocycles. The van der Waals surface area contributed by atoms with Crippen LogP contribution in [0.3, 0.4) is 0 Å². The van der Waals surface area contributed by atoms with Crippen molar-refractivity contribution in [1.82, 2.24) is 0 Å². The number of rotatable bonds is 4. The average Bonchev–Trinajstić information content (AvgIpc) is 3.17. The molecule has 0 aliphatic carbocycles. The van der Waals surface area contributed by atoms with E-state index in [2.05, 4.69) is 0 Å². The zero-order valence-electron chi connectivity index (χ0n) is 17.6. The SMILES string of the molecule is CC(=O)C12C(=O)Oc3ccccc3C1C(c1ccc(Cl)cc1Cl)=NN2c1ccc([N+](=O)[O-])cc1. The second-order valence-electron chi connectivity index (χ2n) is 7.88. The molecule has 3 aromatic rings. The molecule has 3 aromatic carbocycles. The Morgan fingerprint density at radius 3 is 2.47 bits per heavy atom. The predicted molar refractivity (Wildman–Crippen MR) is 127 cm³/mol. The van der Waals surface area contributed by atoms with E-state index in [4.69, 9.17) is 33.0 Å². The molecule has 2 unspecified atom stereocenters. The standard InChI is InChI=1S/C24H15Cl2N3O5/c1-13(30)24-21(18-4-2-3-5-20(18)34-23(24)31)22(17-11-6-14(25)12-19(17)26)27-28(24)15-7-9-16(10-8-15)29(32)33/h2-12,21H,1H3. The summed E-state index contributed by atoms with van der Waals surface area (Å²) in [5, 5.41) is 17.8. The first-order valence-corrected chi connectivity index (χ1v) is 10.9. The maximum atomic E-state index is 13.6. The van der Waals surface area contributed by atoms with E-state index in [1.165, 1.54) is 36.2 Å². The van der Waals surface area contributed by atoms with Gasteiger partial charge >= 0.3 is 5.97 Å². The summed E-state index contributed by atoms with van der Waals surface area (Å²) in [6.45, 7) is 1.29. The van der Waals surface area contributed by atoms with Gasteiger partial charge in [0, 0.05) is 28.3 Å². The normalized spacial score (nSPS) is 20.8. The number of fused-ring (bicyclic) bond motifs is 3. The van der Waals surface area contributed by atoms with Crippen LogP contribution in [0.4, 0.5) is 11.4 Å². The number of non-ortho nitro benzene ring substituents is 1.